The second-order valence-electron chi connectivity index (χ2n) is 8.66. The minimum Gasteiger partial charge on any atom is -0.478 e. The van der Waals surface area contributed by atoms with Crippen LogP contribution in [0.2, 0.25) is 0 Å². The van der Waals surface area contributed by atoms with Crippen LogP contribution in [0.25, 0.3) is 0 Å². The molecule has 1 aromatic heterocycles. The molecule has 34 heavy (non-hydrogen) atoms. The van der Waals surface area contributed by atoms with Crippen molar-refractivity contribution in [3.63, 3.8) is 0 Å². The Morgan fingerprint density at radius 1 is 1.18 bits per heavy atom. The number of fused-ring (bicyclic) bond motifs is 1. The van der Waals surface area contributed by atoms with Crippen LogP contribution in [0.3, 0.4) is 0 Å². The van der Waals surface area contributed by atoms with Gasteiger partial charge in [-0.25, -0.2) is 10.2 Å². The van der Waals surface area contributed by atoms with Crippen LogP contribution in [0.15, 0.2) is 54.5 Å². The highest BCUT2D eigenvalue weighted by molar-refractivity contribution is 5.94. The largest absolute Gasteiger partial charge is 0.478 e. The molecule has 182 valence electrons. The molecule has 1 saturated heterocycles. The van der Waals surface area contributed by atoms with Crippen molar-refractivity contribution in [2.45, 2.75) is 72.0 Å². The third-order valence-corrected chi connectivity index (χ3v) is 6.16. The summed E-state index contributed by atoms with van der Waals surface area (Å²) in [5, 5.41) is 11.3. The van der Waals surface area contributed by atoms with Gasteiger partial charge in [-0.05, 0) is 36.6 Å². The Hall–Kier alpha value is -3.19. The van der Waals surface area contributed by atoms with Gasteiger partial charge in [0.05, 0.1) is 17.6 Å². The van der Waals surface area contributed by atoms with Crippen LogP contribution in [0.1, 0.15) is 79.5 Å². The van der Waals surface area contributed by atoms with Crippen molar-refractivity contribution in [2.75, 3.05) is 6.54 Å². The van der Waals surface area contributed by atoms with E-state index in [1.165, 1.54) is 11.8 Å². The zero-order valence-electron chi connectivity index (χ0n) is 20.6. The lowest BCUT2D eigenvalue weighted by atomic mass is 10.0. The smallest absolute Gasteiger partial charge is 0.337 e. The van der Waals surface area contributed by atoms with E-state index < -0.39 is 5.97 Å². The van der Waals surface area contributed by atoms with Gasteiger partial charge < -0.3 is 10.0 Å². The molecule has 0 spiro atoms. The van der Waals surface area contributed by atoms with Crippen molar-refractivity contribution in [2.24, 2.45) is 0 Å². The van der Waals surface area contributed by atoms with Gasteiger partial charge in [-0.3, -0.25) is 14.8 Å². The van der Waals surface area contributed by atoms with E-state index in [0.29, 0.717) is 18.8 Å². The Bertz CT molecular complexity index is 1020. The average molecular weight is 465 g/mol. The number of carbonyl (C=O) groups excluding carboxylic acids is 1. The molecule has 2 aliphatic rings. The fraction of sp³-hybridized carbons (Fsp3) is 0.444. The first-order valence-electron chi connectivity index (χ1n) is 12.3. The number of aromatic carboxylic acids is 1. The summed E-state index contributed by atoms with van der Waals surface area (Å²) in [6.07, 6.45) is 9.35. The van der Waals surface area contributed by atoms with Crippen molar-refractivity contribution in [1.29, 1.82) is 0 Å². The Morgan fingerprint density at radius 3 is 2.59 bits per heavy atom. The number of nitrogens with one attached hydrogen (secondary N) is 1. The van der Waals surface area contributed by atoms with Crippen LogP contribution >= 0.6 is 0 Å². The molecule has 2 unspecified atom stereocenters. The number of carboxylic acids is 1. The van der Waals surface area contributed by atoms with E-state index in [0.717, 1.165) is 36.8 Å². The highest BCUT2D eigenvalue weighted by Crippen LogP contribution is 2.32. The summed E-state index contributed by atoms with van der Waals surface area (Å²) in [6, 6.07) is 10.1. The summed E-state index contributed by atoms with van der Waals surface area (Å²) in [5.74, 6) is -1.06. The molecule has 4 rings (SSSR count). The summed E-state index contributed by atoms with van der Waals surface area (Å²) in [7, 11) is 0. The van der Waals surface area contributed by atoms with E-state index in [1.807, 2.05) is 24.8 Å². The molecule has 0 bridgehead atoms. The number of piperazine rings is 1. The second-order valence-corrected chi connectivity index (χ2v) is 8.66. The lowest BCUT2D eigenvalue weighted by Crippen LogP contribution is -2.56. The molecule has 0 radical (unpaired) electrons. The van der Waals surface area contributed by atoms with Gasteiger partial charge in [0.25, 0.3) is 5.91 Å². The number of hydrogen-bond donors (Lipinski definition) is 2. The van der Waals surface area contributed by atoms with Gasteiger partial charge in [0, 0.05) is 25.5 Å². The Morgan fingerprint density at radius 2 is 1.91 bits per heavy atom. The predicted octanol–water partition coefficient (Wildman–Crippen LogP) is 4.85. The number of unbranched alkanes of at least 4 members (excludes halogenated alkanes) is 2. The quantitative estimate of drug-likeness (QED) is 0.543. The fourth-order valence-corrected chi connectivity index (χ4v) is 4.39. The molecule has 1 fully saturated rings. The van der Waals surface area contributed by atoms with Gasteiger partial charge in [-0.2, -0.15) is 0 Å². The minimum atomic E-state index is -1.02. The normalized spacial score (nSPS) is 19.3. The standard InChI is InChI=1S/C25H30N4O3.C2H6/c1-3-4-5-6-21-16-28(15-18-11-20(25(31)32)14-26-13-18)24(30)23-12-22(27-29(21)23)19-9-7-17(2)8-10-19;1-2/h7-14,21-22,27H,3-6,15-16H2,1-2H3,(H,31,32);1-2H3. The summed E-state index contributed by atoms with van der Waals surface area (Å²) < 4.78 is 0. The van der Waals surface area contributed by atoms with E-state index in [9.17, 15) is 14.7 Å². The first-order chi connectivity index (χ1) is 16.5. The number of benzene rings is 1. The van der Waals surface area contributed by atoms with E-state index in [-0.39, 0.29) is 23.6 Å². The molecule has 2 atom stereocenters. The van der Waals surface area contributed by atoms with Crippen molar-refractivity contribution in [1.82, 2.24) is 20.3 Å². The topological polar surface area (TPSA) is 85.8 Å². The van der Waals surface area contributed by atoms with E-state index in [2.05, 4.69) is 53.5 Å². The van der Waals surface area contributed by atoms with Crippen molar-refractivity contribution < 1.29 is 14.7 Å². The molecular weight excluding hydrogens is 428 g/mol. The number of aryl methyl sites for hydroxylation is 1. The lowest BCUT2D eigenvalue weighted by molar-refractivity contribution is -0.135. The number of nitrogens with zero attached hydrogens (tertiary/aromatic N) is 3. The van der Waals surface area contributed by atoms with Crippen molar-refractivity contribution in [3.05, 3.63) is 76.8 Å². The summed E-state index contributed by atoms with van der Waals surface area (Å²) in [4.78, 5) is 30.5. The third kappa shape index (κ3) is 5.83. The zero-order valence-corrected chi connectivity index (χ0v) is 20.6. The van der Waals surface area contributed by atoms with Crippen molar-refractivity contribution in [3.8, 4) is 0 Å². The summed E-state index contributed by atoms with van der Waals surface area (Å²) in [6.45, 7) is 9.18. The molecule has 7 nitrogen and oxygen atoms in total. The Balaban J connectivity index is 0.00000158. The Labute approximate surface area is 202 Å². The molecule has 0 aliphatic carbocycles. The van der Waals surface area contributed by atoms with Crippen LogP contribution in [0.5, 0.6) is 0 Å². The molecular formula is C27H36N4O3. The van der Waals surface area contributed by atoms with Crippen LogP contribution < -0.4 is 5.43 Å². The van der Waals surface area contributed by atoms with Crippen LogP contribution in [0, 0.1) is 6.92 Å². The first-order valence-corrected chi connectivity index (χ1v) is 12.3. The van der Waals surface area contributed by atoms with Gasteiger partial charge in [0.2, 0.25) is 0 Å². The Kier molecular flexibility index (Phi) is 8.82. The SMILES string of the molecule is CC.CCCCCC1CN(Cc2cncc(C(=O)O)c2)C(=O)C2=CC(c3ccc(C)cc3)NN21. The minimum absolute atomic E-state index is 0.0415. The van der Waals surface area contributed by atoms with Gasteiger partial charge in [0.15, 0.2) is 0 Å². The highest BCUT2D eigenvalue weighted by atomic mass is 16.4. The van der Waals surface area contributed by atoms with E-state index >= 15 is 0 Å². The predicted molar refractivity (Wildman–Crippen MR) is 133 cm³/mol. The number of hydrazine groups is 1. The van der Waals surface area contributed by atoms with Gasteiger partial charge >= 0.3 is 5.97 Å². The molecule has 1 amide bonds. The number of carboxylic acid groups (broad SMARTS) is 1. The maximum Gasteiger partial charge on any atom is 0.337 e. The average Bonchev–Trinajstić information content (AvgIpc) is 3.30. The lowest BCUT2D eigenvalue weighted by Gasteiger charge is -2.41. The molecule has 3 heterocycles. The number of amides is 1. The monoisotopic (exact) mass is 464 g/mol. The van der Waals surface area contributed by atoms with Crippen LogP contribution in [-0.4, -0.2) is 44.5 Å². The van der Waals surface area contributed by atoms with Crippen LogP contribution in [0.4, 0.5) is 0 Å². The maximum atomic E-state index is 13.4. The highest BCUT2D eigenvalue weighted by Gasteiger charge is 2.40. The number of pyridine rings is 1. The summed E-state index contributed by atoms with van der Waals surface area (Å²) >= 11 is 0. The van der Waals surface area contributed by atoms with Gasteiger partial charge in [0.1, 0.15) is 5.70 Å². The number of aromatic nitrogens is 1. The van der Waals surface area contributed by atoms with E-state index in [4.69, 9.17) is 0 Å². The molecule has 2 N–H and O–H groups in total. The molecule has 1 aromatic carbocycles. The molecule has 2 aliphatic heterocycles. The molecule has 7 heteroatoms. The number of rotatable bonds is 8. The second kappa shape index (κ2) is 11.8. The number of hydrogen-bond acceptors (Lipinski definition) is 5. The summed E-state index contributed by atoms with van der Waals surface area (Å²) in [5.41, 5.74) is 7.41. The van der Waals surface area contributed by atoms with Crippen LogP contribution in [-0.2, 0) is 11.3 Å². The maximum absolute atomic E-state index is 13.4. The molecule has 0 saturated carbocycles. The zero-order chi connectivity index (χ0) is 24.7. The fourth-order valence-electron chi connectivity index (χ4n) is 4.39. The third-order valence-electron chi connectivity index (χ3n) is 6.16. The van der Waals surface area contributed by atoms with E-state index in [1.54, 1.807) is 12.3 Å². The number of carbonyl (C=O) groups is 2. The van der Waals surface area contributed by atoms with Gasteiger partial charge in [-0.15, -0.1) is 0 Å². The van der Waals surface area contributed by atoms with Crippen molar-refractivity contribution >= 4 is 11.9 Å². The first kappa shape index (κ1) is 25.4. The van der Waals surface area contributed by atoms with Gasteiger partial charge in [-0.1, -0.05) is 69.9 Å². The molecule has 2 aromatic rings.